The van der Waals surface area contributed by atoms with Crippen LogP contribution in [-0.4, -0.2) is 34.1 Å². The van der Waals surface area contributed by atoms with Gasteiger partial charge in [0.2, 0.25) is 0 Å². The van der Waals surface area contributed by atoms with E-state index in [1.54, 1.807) is 24.5 Å². The van der Waals surface area contributed by atoms with Crippen LogP contribution in [0.5, 0.6) is 0 Å². The lowest BCUT2D eigenvalue weighted by atomic mass is 10.2. The largest absolute Gasteiger partial charge is 0.361 e. The quantitative estimate of drug-likeness (QED) is 0.571. The minimum absolute atomic E-state index is 0.218. The van der Waals surface area contributed by atoms with E-state index in [9.17, 15) is 4.79 Å². The van der Waals surface area contributed by atoms with Crippen molar-refractivity contribution in [1.29, 1.82) is 0 Å². The summed E-state index contributed by atoms with van der Waals surface area (Å²) < 4.78 is 5.08. The molecule has 0 atom stereocenters. The van der Waals surface area contributed by atoms with Gasteiger partial charge in [0.15, 0.2) is 0 Å². The van der Waals surface area contributed by atoms with E-state index in [0.29, 0.717) is 22.0 Å². The Balaban J connectivity index is 1.68. The van der Waals surface area contributed by atoms with Crippen LogP contribution in [0.15, 0.2) is 52.3 Å². The van der Waals surface area contributed by atoms with Crippen LogP contribution in [-0.2, 0) is 5.75 Å². The zero-order chi connectivity index (χ0) is 19.9. The molecule has 1 N–H and O–H groups in total. The fourth-order valence-corrected chi connectivity index (χ4v) is 3.57. The third kappa shape index (κ3) is 4.89. The summed E-state index contributed by atoms with van der Waals surface area (Å²) in [5, 5.41) is 7.52. The van der Waals surface area contributed by atoms with Gasteiger partial charge in [-0.1, -0.05) is 16.9 Å². The molecule has 3 rings (SSSR count). The molecule has 3 aromatic rings. The summed E-state index contributed by atoms with van der Waals surface area (Å²) in [6.45, 7) is 7.79. The Kier molecular flexibility index (Phi) is 6.65. The summed E-state index contributed by atoms with van der Waals surface area (Å²) in [4.78, 5) is 23.7. The van der Waals surface area contributed by atoms with E-state index in [-0.39, 0.29) is 5.91 Å². The van der Waals surface area contributed by atoms with Gasteiger partial charge >= 0.3 is 0 Å². The molecule has 1 amide bonds. The molecule has 0 saturated carbocycles. The molecule has 0 radical (unpaired) electrons. The van der Waals surface area contributed by atoms with Crippen molar-refractivity contribution in [3.05, 3.63) is 59.7 Å². The normalized spacial score (nSPS) is 10.7. The lowest BCUT2D eigenvalue weighted by Crippen LogP contribution is -2.23. The van der Waals surface area contributed by atoms with Crippen LogP contribution in [0, 0.1) is 6.92 Å². The van der Waals surface area contributed by atoms with E-state index < -0.39 is 0 Å². The van der Waals surface area contributed by atoms with Gasteiger partial charge in [0.25, 0.3) is 5.91 Å². The molecule has 0 aliphatic heterocycles. The number of thioether (sulfide) groups is 1. The number of carbonyl (C=O) groups is 1. The summed E-state index contributed by atoms with van der Waals surface area (Å²) >= 11 is 1.45. The van der Waals surface area contributed by atoms with Gasteiger partial charge in [0.1, 0.15) is 16.6 Å². The fourth-order valence-electron chi connectivity index (χ4n) is 2.70. The highest BCUT2D eigenvalue weighted by Gasteiger charge is 2.14. The van der Waals surface area contributed by atoms with Gasteiger partial charge in [-0.3, -0.25) is 4.79 Å². The molecule has 8 heteroatoms. The van der Waals surface area contributed by atoms with Crippen molar-refractivity contribution in [3.63, 3.8) is 0 Å². The monoisotopic (exact) mass is 397 g/mol. The van der Waals surface area contributed by atoms with Crippen LogP contribution in [0.2, 0.25) is 0 Å². The Morgan fingerprint density at radius 2 is 2.04 bits per heavy atom. The number of pyridine rings is 2. The molecule has 0 fully saturated rings. The standard InChI is InChI=1S/C20H23N5O2S/c1-4-25(5-2)18-9-8-15(12-22-18)23-19(26)17-7-6-10-21-20(17)28-13-16-11-14(3)27-24-16/h6-12H,4-5,13H2,1-3H3,(H,23,26). The Hall–Kier alpha value is -2.87. The lowest BCUT2D eigenvalue weighted by molar-refractivity contribution is 0.102. The van der Waals surface area contributed by atoms with Crippen LogP contribution >= 0.6 is 11.8 Å². The van der Waals surface area contributed by atoms with E-state index in [4.69, 9.17) is 4.52 Å². The summed E-state index contributed by atoms with van der Waals surface area (Å²) in [6.07, 6.45) is 3.35. The fraction of sp³-hybridized carbons (Fsp3) is 0.300. The van der Waals surface area contributed by atoms with Crippen LogP contribution in [0.3, 0.4) is 0 Å². The Morgan fingerprint density at radius 1 is 1.21 bits per heavy atom. The van der Waals surface area contributed by atoms with Crippen molar-refractivity contribution in [1.82, 2.24) is 15.1 Å². The van der Waals surface area contributed by atoms with Gasteiger partial charge in [-0.05, 0) is 45.0 Å². The highest BCUT2D eigenvalue weighted by molar-refractivity contribution is 7.98. The van der Waals surface area contributed by atoms with Crippen molar-refractivity contribution in [3.8, 4) is 0 Å². The Bertz CT molecular complexity index is 922. The number of nitrogens with zero attached hydrogens (tertiary/aromatic N) is 4. The van der Waals surface area contributed by atoms with E-state index in [0.717, 1.165) is 30.4 Å². The van der Waals surface area contributed by atoms with Crippen LogP contribution < -0.4 is 10.2 Å². The number of aryl methyl sites for hydroxylation is 1. The molecule has 7 nitrogen and oxygen atoms in total. The lowest BCUT2D eigenvalue weighted by Gasteiger charge is -2.19. The highest BCUT2D eigenvalue weighted by Crippen LogP contribution is 2.25. The summed E-state index contributed by atoms with van der Waals surface area (Å²) in [5.74, 6) is 2.01. The minimum atomic E-state index is -0.218. The highest BCUT2D eigenvalue weighted by atomic mass is 32.2. The van der Waals surface area contributed by atoms with Gasteiger partial charge in [-0.25, -0.2) is 9.97 Å². The van der Waals surface area contributed by atoms with Crippen molar-refractivity contribution in [2.75, 3.05) is 23.3 Å². The molecule has 0 bridgehead atoms. The number of hydrogen-bond donors (Lipinski definition) is 1. The topological polar surface area (TPSA) is 84.2 Å². The molecule has 28 heavy (non-hydrogen) atoms. The van der Waals surface area contributed by atoms with Gasteiger partial charge in [-0.2, -0.15) is 0 Å². The predicted molar refractivity (Wildman–Crippen MR) is 111 cm³/mol. The van der Waals surface area contributed by atoms with Gasteiger partial charge < -0.3 is 14.7 Å². The Labute approximate surface area is 168 Å². The number of amides is 1. The molecular weight excluding hydrogens is 374 g/mol. The summed E-state index contributed by atoms with van der Waals surface area (Å²) in [7, 11) is 0. The second kappa shape index (κ2) is 9.36. The van der Waals surface area contributed by atoms with Gasteiger partial charge in [0, 0.05) is 31.1 Å². The Morgan fingerprint density at radius 3 is 2.68 bits per heavy atom. The summed E-state index contributed by atoms with van der Waals surface area (Å²) in [5.41, 5.74) is 1.98. The van der Waals surface area contributed by atoms with Gasteiger partial charge in [-0.15, -0.1) is 0 Å². The third-order valence-electron chi connectivity index (χ3n) is 4.14. The maximum absolute atomic E-state index is 12.7. The van der Waals surface area contributed by atoms with Crippen LogP contribution in [0.1, 0.15) is 35.7 Å². The number of anilines is 2. The zero-order valence-corrected chi connectivity index (χ0v) is 17.0. The van der Waals surface area contributed by atoms with E-state index >= 15 is 0 Å². The van der Waals surface area contributed by atoms with Gasteiger partial charge in [0.05, 0.1) is 23.1 Å². The molecule has 0 saturated heterocycles. The first kappa shape index (κ1) is 19.9. The molecular formula is C20H23N5O2S. The number of nitrogens with one attached hydrogen (secondary N) is 1. The number of rotatable bonds is 8. The number of carbonyl (C=O) groups excluding carboxylic acids is 1. The van der Waals surface area contributed by atoms with E-state index in [2.05, 4.69) is 39.2 Å². The molecule has 0 aromatic carbocycles. The van der Waals surface area contributed by atoms with Crippen LogP contribution in [0.4, 0.5) is 11.5 Å². The first-order valence-electron chi connectivity index (χ1n) is 9.13. The van der Waals surface area contributed by atoms with Crippen molar-refractivity contribution in [2.45, 2.75) is 31.6 Å². The number of hydrogen-bond acceptors (Lipinski definition) is 7. The number of aromatic nitrogens is 3. The van der Waals surface area contributed by atoms with Crippen LogP contribution in [0.25, 0.3) is 0 Å². The molecule has 3 aromatic heterocycles. The average Bonchev–Trinajstić information content (AvgIpc) is 3.14. The third-order valence-corrected chi connectivity index (χ3v) is 5.18. The molecule has 0 spiro atoms. The van der Waals surface area contributed by atoms with Crippen molar-refractivity contribution < 1.29 is 9.32 Å². The maximum atomic E-state index is 12.7. The summed E-state index contributed by atoms with van der Waals surface area (Å²) in [6, 6.07) is 9.16. The van der Waals surface area contributed by atoms with E-state index in [1.165, 1.54) is 11.8 Å². The van der Waals surface area contributed by atoms with Crippen molar-refractivity contribution >= 4 is 29.2 Å². The SMILES string of the molecule is CCN(CC)c1ccc(NC(=O)c2cccnc2SCc2cc(C)on2)cn1. The molecule has 3 heterocycles. The second-order valence-electron chi connectivity index (χ2n) is 6.11. The molecule has 146 valence electrons. The second-order valence-corrected chi connectivity index (χ2v) is 7.07. The maximum Gasteiger partial charge on any atom is 0.258 e. The average molecular weight is 398 g/mol. The smallest absolute Gasteiger partial charge is 0.258 e. The predicted octanol–water partition coefficient (Wildman–Crippen LogP) is 4.16. The zero-order valence-electron chi connectivity index (χ0n) is 16.2. The molecule has 0 aliphatic carbocycles. The molecule has 0 aliphatic rings. The molecule has 0 unspecified atom stereocenters. The van der Waals surface area contributed by atoms with E-state index in [1.807, 2.05) is 25.1 Å². The first-order valence-corrected chi connectivity index (χ1v) is 10.1. The van der Waals surface area contributed by atoms with Crippen molar-refractivity contribution in [2.24, 2.45) is 0 Å². The first-order chi connectivity index (χ1) is 13.6. The minimum Gasteiger partial charge on any atom is -0.361 e.